The van der Waals surface area contributed by atoms with Crippen LogP contribution in [-0.2, 0) is 11.3 Å². The van der Waals surface area contributed by atoms with Gasteiger partial charge >= 0.3 is 0 Å². The zero-order valence-corrected chi connectivity index (χ0v) is 17.1. The summed E-state index contributed by atoms with van der Waals surface area (Å²) in [5, 5.41) is 6.49. The van der Waals surface area contributed by atoms with Gasteiger partial charge < -0.3 is 15.4 Å². The molecule has 3 aromatic rings. The molecule has 29 heavy (non-hydrogen) atoms. The summed E-state index contributed by atoms with van der Waals surface area (Å²) in [5.41, 5.74) is 3.22. The first-order valence-electron chi connectivity index (χ1n) is 8.87. The maximum absolute atomic E-state index is 13.3. The van der Waals surface area contributed by atoms with Gasteiger partial charge in [-0.2, -0.15) is 0 Å². The molecule has 0 bridgehead atoms. The monoisotopic (exact) mass is 432 g/mol. The molecule has 0 aliphatic heterocycles. The summed E-state index contributed by atoms with van der Waals surface area (Å²) in [7, 11) is 0. The minimum Gasteiger partial charge on any atom is -0.483 e. The molecule has 0 heterocycles. The summed E-state index contributed by atoms with van der Waals surface area (Å²) in [6, 6.07) is 17.0. The third-order valence-corrected chi connectivity index (χ3v) is 4.64. The van der Waals surface area contributed by atoms with Gasteiger partial charge in [-0.15, -0.1) is 0 Å². The van der Waals surface area contributed by atoms with E-state index in [0.29, 0.717) is 28.7 Å². The minimum absolute atomic E-state index is 0.0327. The van der Waals surface area contributed by atoms with Crippen LogP contribution in [0.25, 0.3) is 0 Å². The standard InChI is InChI=1S/C22H19Cl2FN2O2/c1-14-2-5-17(6-3-14)27-22(28)13-29-21-9-4-16(23)10-15(21)12-26-18-7-8-20(25)19(24)11-18/h2-11,26H,12-13H2,1H3,(H,27,28). The quantitative estimate of drug-likeness (QED) is 0.476. The van der Waals surface area contributed by atoms with E-state index in [1.807, 2.05) is 31.2 Å². The topological polar surface area (TPSA) is 50.4 Å². The Morgan fingerprint density at radius 1 is 1.00 bits per heavy atom. The molecule has 0 aliphatic rings. The fourth-order valence-corrected chi connectivity index (χ4v) is 2.98. The van der Waals surface area contributed by atoms with Crippen molar-refractivity contribution in [3.8, 4) is 5.75 Å². The van der Waals surface area contributed by atoms with E-state index in [9.17, 15) is 9.18 Å². The summed E-state index contributed by atoms with van der Waals surface area (Å²) in [4.78, 5) is 12.2. The largest absolute Gasteiger partial charge is 0.483 e. The zero-order valence-electron chi connectivity index (χ0n) is 15.6. The van der Waals surface area contributed by atoms with Crippen LogP contribution >= 0.6 is 23.2 Å². The first-order valence-corrected chi connectivity index (χ1v) is 9.63. The van der Waals surface area contributed by atoms with Crippen molar-refractivity contribution in [2.75, 3.05) is 17.2 Å². The number of carbonyl (C=O) groups excluding carboxylic acids is 1. The SMILES string of the molecule is Cc1ccc(NC(=O)COc2ccc(Cl)cc2CNc2ccc(F)c(Cl)c2)cc1. The number of amides is 1. The molecule has 0 saturated heterocycles. The molecule has 0 aliphatic carbocycles. The number of rotatable bonds is 7. The lowest BCUT2D eigenvalue weighted by Crippen LogP contribution is -2.20. The molecule has 0 fully saturated rings. The van der Waals surface area contributed by atoms with Gasteiger partial charge in [0.05, 0.1) is 5.02 Å². The molecule has 3 rings (SSSR count). The Hall–Kier alpha value is -2.76. The Kier molecular flexibility index (Phi) is 6.96. The maximum Gasteiger partial charge on any atom is 0.262 e. The van der Waals surface area contributed by atoms with Crippen LogP contribution in [0.5, 0.6) is 5.75 Å². The number of hydrogen-bond donors (Lipinski definition) is 2. The van der Waals surface area contributed by atoms with Crippen LogP contribution in [-0.4, -0.2) is 12.5 Å². The number of halogens is 3. The fourth-order valence-electron chi connectivity index (χ4n) is 2.61. The predicted octanol–water partition coefficient (Wildman–Crippen LogP) is 6.07. The molecule has 0 atom stereocenters. The first-order chi connectivity index (χ1) is 13.9. The van der Waals surface area contributed by atoms with Gasteiger partial charge in [-0.05, 0) is 55.5 Å². The van der Waals surface area contributed by atoms with Crippen molar-refractivity contribution in [3.05, 3.63) is 87.7 Å². The summed E-state index contributed by atoms with van der Waals surface area (Å²) in [6.45, 7) is 2.19. The third kappa shape index (κ3) is 6.11. The molecule has 4 nitrogen and oxygen atoms in total. The van der Waals surface area contributed by atoms with Gasteiger partial charge in [-0.1, -0.05) is 40.9 Å². The highest BCUT2D eigenvalue weighted by atomic mass is 35.5. The van der Waals surface area contributed by atoms with Gasteiger partial charge in [0.2, 0.25) is 0 Å². The van der Waals surface area contributed by atoms with Crippen LogP contribution in [0.15, 0.2) is 60.7 Å². The second kappa shape index (κ2) is 9.63. The molecule has 7 heteroatoms. The van der Waals surface area contributed by atoms with Crippen molar-refractivity contribution in [1.29, 1.82) is 0 Å². The molecule has 0 aromatic heterocycles. The van der Waals surface area contributed by atoms with Crippen LogP contribution in [0.2, 0.25) is 10.0 Å². The molecule has 0 unspecified atom stereocenters. The summed E-state index contributed by atoms with van der Waals surface area (Å²) in [5.74, 6) is -0.231. The number of aryl methyl sites for hydroxylation is 1. The minimum atomic E-state index is -0.483. The first kappa shape index (κ1) is 21.0. The molecular formula is C22H19Cl2FN2O2. The van der Waals surface area contributed by atoms with Crippen molar-refractivity contribution in [3.63, 3.8) is 0 Å². The van der Waals surface area contributed by atoms with Crippen LogP contribution in [0.1, 0.15) is 11.1 Å². The summed E-state index contributed by atoms with van der Waals surface area (Å²) < 4.78 is 19.0. The predicted molar refractivity (Wildman–Crippen MR) is 115 cm³/mol. The normalized spacial score (nSPS) is 10.5. The Morgan fingerprint density at radius 2 is 1.72 bits per heavy atom. The molecule has 1 amide bonds. The van der Waals surface area contributed by atoms with E-state index in [2.05, 4.69) is 10.6 Å². The average molecular weight is 433 g/mol. The third-order valence-electron chi connectivity index (χ3n) is 4.12. The highest BCUT2D eigenvalue weighted by Gasteiger charge is 2.09. The molecule has 0 spiro atoms. The van der Waals surface area contributed by atoms with E-state index in [1.165, 1.54) is 12.1 Å². The lowest BCUT2D eigenvalue weighted by atomic mass is 10.2. The second-order valence-electron chi connectivity index (χ2n) is 6.44. The zero-order chi connectivity index (χ0) is 20.8. The van der Waals surface area contributed by atoms with Crippen LogP contribution in [0.4, 0.5) is 15.8 Å². The molecule has 3 aromatic carbocycles. The van der Waals surface area contributed by atoms with Crippen LogP contribution in [0.3, 0.4) is 0 Å². The maximum atomic E-state index is 13.3. The van der Waals surface area contributed by atoms with E-state index in [-0.39, 0.29) is 17.5 Å². The Bertz CT molecular complexity index is 1010. The number of nitrogens with one attached hydrogen (secondary N) is 2. The van der Waals surface area contributed by atoms with Gasteiger partial charge in [0.15, 0.2) is 6.61 Å². The van der Waals surface area contributed by atoms with Gasteiger partial charge in [-0.3, -0.25) is 4.79 Å². The smallest absolute Gasteiger partial charge is 0.262 e. The molecule has 150 valence electrons. The molecule has 0 saturated carbocycles. The number of ether oxygens (including phenoxy) is 1. The van der Waals surface area contributed by atoms with Gasteiger partial charge in [0, 0.05) is 28.5 Å². The summed E-state index contributed by atoms with van der Waals surface area (Å²) in [6.07, 6.45) is 0. The Labute approximate surface area is 178 Å². The highest BCUT2D eigenvalue weighted by molar-refractivity contribution is 6.31. The Balaban J connectivity index is 1.62. The van der Waals surface area contributed by atoms with Crippen molar-refractivity contribution >= 4 is 40.5 Å². The van der Waals surface area contributed by atoms with Crippen LogP contribution in [0, 0.1) is 12.7 Å². The Morgan fingerprint density at radius 3 is 2.45 bits per heavy atom. The fraction of sp³-hybridized carbons (Fsp3) is 0.136. The van der Waals surface area contributed by atoms with E-state index in [1.54, 1.807) is 24.3 Å². The lowest BCUT2D eigenvalue weighted by molar-refractivity contribution is -0.118. The van der Waals surface area contributed by atoms with Crippen molar-refractivity contribution < 1.29 is 13.9 Å². The number of carbonyl (C=O) groups is 1. The number of benzene rings is 3. The van der Waals surface area contributed by atoms with Gasteiger partial charge in [0.25, 0.3) is 5.91 Å². The number of anilines is 2. The van der Waals surface area contributed by atoms with E-state index < -0.39 is 5.82 Å². The number of hydrogen-bond acceptors (Lipinski definition) is 3. The second-order valence-corrected chi connectivity index (χ2v) is 7.28. The molecule has 0 radical (unpaired) electrons. The van der Waals surface area contributed by atoms with E-state index in [4.69, 9.17) is 27.9 Å². The average Bonchev–Trinajstić information content (AvgIpc) is 2.70. The summed E-state index contributed by atoms with van der Waals surface area (Å²) >= 11 is 11.9. The van der Waals surface area contributed by atoms with E-state index >= 15 is 0 Å². The van der Waals surface area contributed by atoms with Crippen molar-refractivity contribution in [1.82, 2.24) is 0 Å². The van der Waals surface area contributed by atoms with E-state index in [0.717, 1.165) is 11.1 Å². The molecule has 2 N–H and O–H groups in total. The van der Waals surface area contributed by atoms with Crippen molar-refractivity contribution in [2.24, 2.45) is 0 Å². The van der Waals surface area contributed by atoms with Crippen molar-refractivity contribution in [2.45, 2.75) is 13.5 Å². The lowest BCUT2D eigenvalue weighted by Gasteiger charge is -2.14. The highest BCUT2D eigenvalue weighted by Crippen LogP contribution is 2.25. The van der Waals surface area contributed by atoms with Gasteiger partial charge in [0.1, 0.15) is 11.6 Å². The van der Waals surface area contributed by atoms with Crippen LogP contribution < -0.4 is 15.4 Å². The molecular weight excluding hydrogens is 414 g/mol. The van der Waals surface area contributed by atoms with Gasteiger partial charge in [-0.25, -0.2) is 4.39 Å².